The first-order valence-electron chi connectivity index (χ1n) is 9.64. The minimum absolute atomic E-state index is 0.0999. The Morgan fingerprint density at radius 2 is 1.52 bits per heavy atom. The summed E-state index contributed by atoms with van der Waals surface area (Å²) >= 11 is 0. The van der Waals surface area contributed by atoms with Crippen LogP contribution < -0.4 is 0 Å². The molecule has 3 aromatic carbocycles. The molecule has 0 fully saturated rings. The average molecular weight is 385 g/mol. The summed E-state index contributed by atoms with van der Waals surface area (Å²) in [6.45, 7) is 3.18. The van der Waals surface area contributed by atoms with E-state index in [9.17, 15) is 5.11 Å². The molecule has 0 saturated carbocycles. The zero-order valence-corrected chi connectivity index (χ0v) is 16.3. The molecule has 0 bridgehead atoms. The number of aromatic nitrogens is 2. The van der Waals surface area contributed by atoms with E-state index in [1.54, 1.807) is 6.07 Å². The van der Waals surface area contributed by atoms with Gasteiger partial charge in [0, 0.05) is 23.7 Å². The number of aromatic hydroxyl groups is 1. The monoisotopic (exact) mass is 385 g/mol. The van der Waals surface area contributed by atoms with Crippen LogP contribution in [0.2, 0.25) is 0 Å². The van der Waals surface area contributed by atoms with Gasteiger partial charge in [-0.2, -0.15) is 4.98 Å². The zero-order chi connectivity index (χ0) is 20.1. The van der Waals surface area contributed by atoms with E-state index < -0.39 is 0 Å². The lowest BCUT2D eigenvalue weighted by molar-refractivity contribution is 0.165. The maximum Gasteiger partial charge on any atom is 0.241 e. The summed E-state index contributed by atoms with van der Waals surface area (Å²) in [5.41, 5.74) is 2.97. The van der Waals surface area contributed by atoms with Crippen molar-refractivity contribution in [2.45, 2.75) is 26.1 Å². The molecule has 5 heteroatoms. The molecule has 29 heavy (non-hydrogen) atoms. The number of rotatable bonds is 7. The van der Waals surface area contributed by atoms with Crippen molar-refractivity contribution in [3.05, 3.63) is 102 Å². The zero-order valence-electron chi connectivity index (χ0n) is 16.3. The van der Waals surface area contributed by atoms with E-state index in [1.165, 1.54) is 5.56 Å². The molecular weight excluding hydrogens is 362 g/mol. The van der Waals surface area contributed by atoms with Crippen LogP contribution in [0.3, 0.4) is 0 Å². The Balaban J connectivity index is 1.60. The highest BCUT2D eigenvalue weighted by atomic mass is 16.5. The minimum atomic E-state index is 0.0999. The van der Waals surface area contributed by atoms with E-state index in [1.807, 2.05) is 66.7 Å². The Bertz CT molecular complexity index is 1050. The summed E-state index contributed by atoms with van der Waals surface area (Å²) in [7, 11) is 0. The topological polar surface area (TPSA) is 62.4 Å². The molecule has 4 rings (SSSR count). The molecule has 1 atom stereocenters. The van der Waals surface area contributed by atoms with E-state index in [-0.39, 0.29) is 11.8 Å². The molecular formula is C24H23N3O2. The molecule has 4 aromatic rings. The maximum atomic E-state index is 10.3. The van der Waals surface area contributed by atoms with Gasteiger partial charge in [0.05, 0.1) is 6.54 Å². The quantitative estimate of drug-likeness (QED) is 0.473. The summed E-state index contributed by atoms with van der Waals surface area (Å²) in [4.78, 5) is 6.79. The molecule has 146 valence electrons. The van der Waals surface area contributed by atoms with Crippen molar-refractivity contribution in [2.24, 2.45) is 0 Å². The van der Waals surface area contributed by atoms with Crippen molar-refractivity contribution < 1.29 is 9.63 Å². The van der Waals surface area contributed by atoms with Gasteiger partial charge in [-0.25, -0.2) is 0 Å². The van der Waals surface area contributed by atoms with E-state index in [4.69, 9.17) is 4.52 Å². The first-order chi connectivity index (χ1) is 14.2. The van der Waals surface area contributed by atoms with Crippen LogP contribution in [0.5, 0.6) is 5.75 Å². The molecule has 0 aliphatic carbocycles. The minimum Gasteiger partial charge on any atom is -0.508 e. The largest absolute Gasteiger partial charge is 0.508 e. The predicted octanol–water partition coefficient (Wildman–Crippen LogP) is 5.21. The summed E-state index contributed by atoms with van der Waals surface area (Å²) in [6.07, 6.45) is 0. The first-order valence-corrected chi connectivity index (χ1v) is 9.64. The van der Waals surface area contributed by atoms with E-state index >= 15 is 0 Å². The van der Waals surface area contributed by atoms with Crippen molar-refractivity contribution in [3.63, 3.8) is 0 Å². The van der Waals surface area contributed by atoms with Gasteiger partial charge in [0.2, 0.25) is 11.7 Å². The van der Waals surface area contributed by atoms with Crippen LogP contribution in [-0.4, -0.2) is 20.1 Å². The van der Waals surface area contributed by atoms with Crippen LogP contribution in [0.1, 0.15) is 30.0 Å². The van der Waals surface area contributed by atoms with Crippen molar-refractivity contribution in [3.8, 4) is 17.1 Å². The summed E-state index contributed by atoms with van der Waals surface area (Å²) < 4.78 is 5.54. The van der Waals surface area contributed by atoms with Crippen molar-refractivity contribution >= 4 is 0 Å². The van der Waals surface area contributed by atoms with Crippen molar-refractivity contribution in [1.82, 2.24) is 15.0 Å². The van der Waals surface area contributed by atoms with E-state index in [2.05, 4.69) is 34.1 Å². The van der Waals surface area contributed by atoms with Crippen LogP contribution in [-0.2, 0) is 13.1 Å². The standard InChI is InChI=1S/C24H23N3O2/c1-18(19-10-4-2-5-11-19)27(16-21-14-8-9-15-22(21)28)17-23-25-24(26-29-23)20-12-6-3-7-13-20/h2-15,18,28H,16-17H2,1H3/t18-/m0/s1. The van der Waals surface area contributed by atoms with Crippen LogP contribution in [0.4, 0.5) is 0 Å². The Morgan fingerprint density at radius 3 is 2.24 bits per heavy atom. The first kappa shape index (κ1) is 18.9. The van der Waals surface area contributed by atoms with Crippen LogP contribution >= 0.6 is 0 Å². The molecule has 5 nitrogen and oxygen atoms in total. The maximum absolute atomic E-state index is 10.3. The number of phenols is 1. The highest BCUT2D eigenvalue weighted by molar-refractivity contribution is 5.53. The summed E-state index contributed by atoms with van der Waals surface area (Å²) in [5, 5.41) is 14.4. The lowest BCUT2D eigenvalue weighted by Crippen LogP contribution is -2.26. The van der Waals surface area contributed by atoms with Crippen molar-refractivity contribution in [1.29, 1.82) is 0 Å². The molecule has 0 spiro atoms. The summed E-state index contributed by atoms with van der Waals surface area (Å²) in [5.74, 6) is 1.41. The van der Waals surface area contributed by atoms with Gasteiger partial charge in [-0.05, 0) is 18.6 Å². The number of hydrogen-bond donors (Lipinski definition) is 1. The number of nitrogens with zero attached hydrogens (tertiary/aromatic N) is 3. The van der Waals surface area contributed by atoms with Gasteiger partial charge >= 0.3 is 0 Å². The molecule has 0 radical (unpaired) electrons. The second-order valence-corrected chi connectivity index (χ2v) is 7.00. The smallest absolute Gasteiger partial charge is 0.241 e. The fraction of sp³-hybridized carbons (Fsp3) is 0.167. The average Bonchev–Trinajstić information content (AvgIpc) is 3.24. The molecule has 0 aliphatic heterocycles. The molecule has 1 heterocycles. The van der Waals surface area contributed by atoms with Gasteiger partial charge in [0.25, 0.3) is 0 Å². The SMILES string of the molecule is C[C@@H](c1ccccc1)N(Cc1nc(-c2ccccc2)no1)Cc1ccccc1O. The molecule has 0 unspecified atom stereocenters. The molecule has 0 amide bonds. The highest BCUT2D eigenvalue weighted by Gasteiger charge is 2.21. The van der Waals surface area contributed by atoms with Gasteiger partial charge in [-0.15, -0.1) is 0 Å². The van der Waals surface area contributed by atoms with Crippen molar-refractivity contribution in [2.75, 3.05) is 0 Å². The van der Waals surface area contributed by atoms with Gasteiger partial charge in [0.1, 0.15) is 5.75 Å². The van der Waals surface area contributed by atoms with Crippen LogP contribution in [0.25, 0.3) is 11.4 Å². The number of benzene rings is 3. The van der Waals surface area contributed by atoms with E-state index in [0.717, 1.165) is 11.1 Å². The Labute approximate surface area is 170 Å². The molecule has 1 N–H and O–H groups in total. The number of para-hydroxylation sites is 1. The van der Waals surface area contributed by atoms with Crippen LogP contribution in [0, 0.1) is 0 Å². The predicted molar refractivity (Wildman–Crippen MR) is 112 cm³/mol. The number of phenolic OH excluding ortho intramolecular Hbond substituents is 1. The third-order valence-electron chi connectivity index (χ3n) is 5.03. The second-order valence-electron chi connectivity index (χ2n) is 7.00. The van der Waals surface area contributed by atoms with E-state index in [0.29, 0.717) is 24.8 Å². The summed E-state index contributed by atoms with van der Waals surface area (Å²) in [6, 6.07) is 27.6. The Kier molecular flexibility index (Phi) is 5.68. The highest BCUT2D eigenvalue weighted by Crippen LogP contribution is 2.27. The fourth-order valence-electron chi connectivity index (χ4n) is 3.33. The Morgan fingerprint density at radius 1 is 0.862 bits per heavy atom. The number of hydrogen-bond acceptors (Lipinski definition) is 5. The molecule has 1 aromatic heterocycles. The molecule has 0 saturated heterocycles. The fourth-order valence-corrected chi connectivity index (χ4v) is 3.33. The Hall–Kier alpha value is -3.44. The lowest BCUT2D eigenvalue weighted by Gasteiger charge is -2.28. The third-order valence-corrected chi connectivity index (χ3v) is 5.03. The lowest BCUT2D eigenvalue weighted by atomic mass is 10.1. The van der Waals surface area contributed by atoms with Gasteiger partial charge in [-0.1, -0.05) is 84.0 Å². The van der Waals surface area contributed by atoms with Crippen LogP contribution in [0.15, 0.2) is 89.5 Å². The molecule has 0 aliphatic rings. The third kappa shape index (κ3) is 4.52. The van der Waals surface area contributed by atoms with Gasteiger partial charge in [-0.3, -0.25) is 4.90 Å². The second kappa shape index (κ2) is 8.71. The van der Waals surface area contributed by atoms with Gasteiger partial charge < -0.3 is 9.63 Å². The normalized spacial score (nSPS) is 12.2. The van der Waals surface area contributed by atoms with Gasteiger partial charge in [0.15, 0.2) is 0 Å².